The Labute approximate surface area is 150 Å². The van der Waals surface area contributed by atoms with E-state index in [1.165, 1.54) is 41.1 Å². The van der Waals surface area contributed by atoms with Gasteiger partial charge in [0.25, 0.3) is 0 Å². The molecular formula is C17H21FN4O4. The molecule has 140 valence electrons. The Bertz CT molecular complexity index is 707. The molecule has 26 heavy (non-hydrogen) atoms. The summed E-state index contributed by atoms with van der Waals surface area (Å²) in [6.07, 6.45) is 0.440. The first-order valence-corrected chi connectivity index (χ1v) is 8.13. The van der Waals surface area contributed by atoms with Crippen molar-refractivity contribution < 1.29 is 23.6 Å². The van der Waals surface area contributed by atoms with E-state index in [9.17, 15) is 23.6 Å². The predicted octanol–water partition coefficient (Wildman–Crippen LogP) is 0.897. The van der Waals surface area contributed by atoms with E-state index in [0.717, 1.165) is 4.90 Å². The molecule has 0 saturated carbocycles. The highest BCUT2D eigenvalue weighted by molar-refractivity contribution is 6.01. The first-order chi connectivity index (χ1) is 12.3. The molecule has 1 aliphatic rings. The van der Waals surface area contributed by atoms with Crippen LogP contribution < -0.4 is 5.32 Å². The van der Waals surface area contributed by atoms with Gasteiger partial charge in [-0.15, -0.1) is 0 Å². The lowest BCUT2D eigenvalue weighted by atomic mass is 10.2. The van der Waals surface area contributed by atoms with Crippen LogP contribution in [0.4, 0.5) is 14.9 Å². The lowest BCUT2D eigenvalue weighted by Crippen LogP contribution is -2.36. The summed E-state index contributed by atoms with van der Waals surface area (Å²) < 4.78 is 12.8. The molecule has 0 aromatic heterocycles. The number of rotatable bonds is 7. The fourth-order valence-electron chi connectivity index (χ4n) is 2.51. The smallest absolute Gasteiger partial charge is 0.326 e. The number of nitrogens with zero attached hydrogens (tertiary/aromatic N) is 3. The summed E-state index contributed by atoms with van der Waals surface area (Å²) >= 11 is 0. The van der Waals surface area contributed by atoms with E-state index in [-0.39, 0.29) is 43.9 Å². The summed E-state index contributed by atoms with van der Waals surface area (Å²) in [7, 11) is 3.03. The van der Waals surface area contributed by atoms with Crippen molar-refractivity contribution in [2.45, 2.75) is 12.8 Å². The zero-order chi connectivity index (χ0) is 19.3. The van der Waals surface area contributed by atoms with E-state index < -0.39 is 11.7 Å². The van der Waals surface area contributed by atoms with Crippen molar-refractivity contribution in [3.63, 3.8) is 0 Å². The van der Waals surface area contributed by atoms with Crippen molar-refractivity contribution in [3.8, 4) is 0 Å². The molecule has 0 aliphatic carbocycles. The topological polar surface area (TPSA) is 90.0 Å². The summed E-state index contributed by atoms with van der Waals surface area (Å²) in [6, 6.07) is 4.94. The van der Waals surface area contributed by atoms with Gasteiger partial charge < -0.3 is 15.1 Å². The summed E-state index contributed by atoms with van der Waals surface area (Å²) in [5.74, 6) is -1.36. The standard InChI is InChI=1S/C17H21FN4O4/c1-20(10-14(23)19-13-7-5-12(18)6-8-13)15(24)4-3-9-22-16(25)11-21(2)17(22)26/h5-8H,3-4,9-11H2,1-2H3,(H,19,23). The first kappa shape index (κ1) is 19.4. The number of likely N-dealkylation sites (N-methyl/N-ethyl adjacent to an activating group) is 2. The number of nitrogens with one attached hydrogen (secondary N) is 1. The third-order valence-electron chi connectivity index (χ3n) is 3.94. The highest BCUT2D eigenvalue weighted by Crippen LogP contribution is 2.10. The maximum Gasteiger partial charge on any atom is 0.326 e. The summed E-state index contributed by atoms with van der Waals surface area (Å²) in [4.78, 5) is 51.0. The van der Waals surface area contributed by atoms with Gasteiger partial charge >= 0.3 is 6.03 Å². The number of hydrogen-bond acceptors (Lipinski definition) is 4. The fourth-order valence-corrected chi connectivity index (χ4v) is 2.51. The molecule has 1 heterocycles. The number of imide groups is 1. The zero-order valence-corrected chi connectivity index (χ0v) is 14.7. The quantitative estimate of drug-likeness (QED) is 0.728. The second-order valence-electron chi connectivity index (χ2n) is 6.09. The molecule has 1 fully saturated rings. The van der Waals surface area contributed by atoms with Crippen LogP contribution in [-0.2, 0) is 14.4 Å². The largest absolute Gasteiger partial charge is 0.336 e. The zero-order valence-electron chi connectivity index (χ0n) is 14.7. The highest BCUT2D eigenvalue weighted by Gasteiger charge is 2.32. The second-order valence-corrected chi connectivity index (χ2v) is 6.09. The maximum atomic E-state index is 12.8. The molecule has 1 aliphatic heterocycles. The van der Waals surface area contributed by atoms with Gasteiger partial charge in [-0.05, 0) is 30.7 Å². The Morgan fingerprint density at radius 2 is 1.88 bits per heavy atom. The van der Waals surface area contributed by atoms with Gasteiger partial charge in [0.15, 0.2) is 0 Å². The van der Waals surface area contributed by atoms with Crippen LogP contribution in [0, 0.1) is 5.82 Å². The van der Waals surface area contributed by atoms with Crippen LogP contribution in [0.25, 0.3) is 0 Å². The Balaban J connectivity index is 1.73. The van der Waals surface area contributed by atoms with E-state index in [4.69, 9.17) is 0 Å². The molecule has 2 rings (SSSR count). The van der Waals surface area contributed by atoms with E-state index in [1.807, 2.05) is 0 Å². The molecule has 0 bridgehead atoms. The van der Waals surface area contributed by atoms with Gasteiger partial charge in [-0.25, -0.2) is 9.18 Å². The number of urea groups is 1. The normalized spacial score (nSPS) is 14.0. The van der Waals surface area contributed by atoms with Crippen LogP contribution in [0.2, 0.25) is 0 Å². The molecule has 1 saturated heterocycles. The number of carbonyl (C=O) groups excluding carboxylic acids is 4. The Kier molecular flexibility index (Phi) is 6.26. The number of halogens is 1. The molecule has 0 spiro atoms. The minimum absolute atomic E-state index is 0.0518. The van der Waals surface area contributed by atoms with Crippen molar-refractivity contribution in [2.75, 3.05) is 39.0 Å². The number of anilines is 1. The van der Waals surface area contributed by atoms with Crippen molar-refractivity contribution in [1.29, 1.82) is 0 Å². The maximum absolute atomic E-state index is 12.8. The van der Waals surface area contributed by atoms with Crippen LogP contribution in [0.15, 0.2) is 24.3 Å². The van der Waals surface area contributed by atoms with Gasteiger partial charge in [-0.1, -0.05) is 0 Å². The highest BCUT2D eigenvalue weighted by atomic mass is 19.1. The molecule has 9 heteroatoms. The fraction of sp³-hybridized carbons (Fsp3) is 0.412. The Morgan fingerprint density at radius 3 is 2.46 bits per heavy atom. The average Bonchev–Trinajstić information content (AvgIpc) is 2.82. The van der Waals surface area contributed by atoms with Crippen LogP contribution >= 0.6 is 0 Å². The third kappa shape index (κ3) is 5.01. The van der Waals surface area contributed by atoms with E-state index in [0.29, 0.717) is 12.1 Å². The molecule has 1 aromatic carbocycles. The van der Waals surface area contributed by atoms with Crippen molar-refractivity contribution in [1.82, 2.24) is 14.7 Å². The molecule has 1 aromatic rings. The summed E-state index contributed by atoms with van der Waals surface area (Å²) in [5.41, 5.74) is 0.437. The molecule has 0 atom stereocenters. The Morgan fingerprint density at radius 1 is 1.23 bits per heavy atom. The van der Waals surface area contributed by atoms with Crippen LogP contribution in [-0.4, -0.2) is 72.2 Å². The second kappa shape index (κ2) is 8.41. The number of amides is 5. The molecule has 8 nitrogen and oxygen atoms in total. The Hall–Kier alpha value is -2.97. The van der Waals surface area contributed by atoms with Crippen LogP contribution in [0.1, 0.15) is 12.8 Å². The van der Waals surface area contributed by atoms with Crippen molar-refractivity contribution in [3.05, 3.63) is 30.1 Å². The molecule has 0 radical (unpaired) electrons. The molecule has 1 N–H and O–H groups in total. The van der Waals surface area contributed by atoms with E-state index in [1.54, 1.807) is 7.05 Å². The average molecular weight is 364 g/mol. The lowest BCUT2D eigenvalue weighted by molar-refractivity contribution is -0.133. The molecule has 0 unspecified atom stereocenters. The van der Waals surface area contributed by atoms with Crippen molar-refractivity contribution in [2.24, 2.45) is 0 Å². The van der Waals surface area contributed by atoms with Gasteiger partial charge in [-0.2, -0.15) is 0 Å². The monoisotopic (exact) mass is 364 g/mol. The van der Waals surface area contributed by atoms with Crippen LogP contribution in [0.5, 0.6) is 0 Å². The predicted molar refractivity (Wildman–Crippen MR) is 91.6 cm³/mol. The lowest BCUT2D eigenvalue weighted by Gasteiger charge is -2.18. The third-order valence-corrected chi connectivity index (χ3v) is 3.94. The number of hydrogen-bond donors (Lipinski definition) is 1. The molecule has 5 amide bonds. The minimum atomic E-state index is -0.406. The van der Waals surface area contributed by atoms with Gasteiger partial charge in [0.05, 0.1) is 6.54 Å². The van der Waals surface area contributed by atoms with Gasteiger partial charge in [-0.3, -0.25) is 19.3 Å². The van der Waals surface area contributed by atoms with Crippen molar-refractivity contribution >= 4 is 29.4 Å². The summed E-state index contributed by atoms with van der Waals surface area (Å²) in [5, 5.41) is 2.57. The van der Waals surface area contributed by atoms with E-state index >= 15 is 0 Å². The van der Waals surface area contributed by atoms with Crippen LogP contribution in [0.3, 0.4) is 0 Å². The number of carbonyl (C=O) groups is 4. The van der Waals surface area contributed by atoms with Gasteiger partial charge in [0.2, 0.25) is 17.7 Å². The first-order valence-electron chi connectivity index (χ1n) is 8.13. The van der Waals surface area contributed by atoms with Gasteiger partial charge in [0, 0.05) is 32.7 Å². The molecular weight excluding hydrogens is 343 g/mol. The minimum Gasteiger partial charge on any atom is -0.336 e. The number of benzene rings is 1. The summed E-state index contributed by atoms with van der Waals surface area (Å²) in [6.45, 7) is 0.0696. The SMILES string of the molecule is CN(CC(=O)Nc1ccc(F)cc1)C(=O)CCCN1C(=O)CN(C)C1=O. The van der Waals surface area contributed by atoms with E-state index in [2.05, 4.69) is 5.32 Å². The van der Waals surface area contributed by atoms with Gasteiger partial charge in [0.1, 0.15) is 12.4 Å².